The topological polar surface area (TPSA) is 55.5 Å². The molecule has 1 saturated carbocycles. The van der Waals surface area contributed by atoms with Gasteiger partial charge in [-0.15, -0.1) is 0 Å². The van der Waals surface area contributed by atoms with Crippen LogP contribution in [0.15, 0.2) is 18.2 Å². The molecule has 1 fully saturated rings. The van der Waals surface area contributed by atoms with E-state index in [-0.39, 0.29) is 6.04 Å². The molecule has 2 rings (SSSR count). The van der Waals surface area contributed by atoms with Crippen LogP contribution in [0.2, 0.25) is 5.02 Å². The maximum Gasteiger partial charge on any atom is 0.124 e. The fourth-order valence-corrected chi connectivity index (χ4v) is 2.75. The third-order valence-corrected chi connectivity index (χ3v) is 3.98. The van der Waals surface area contributed by atoms with Crippen LogP contribution >= 0.6 is 11.6 Å². The highest BCUT2D eigenvalue weighted by atomic mass is 35.5. The molecule has 1 aliphatic carbocycles. The quantitative estimate of drug-likeness (QED) is 0.890. The van der Waals surface area contributed by atoms with Gasteiger partial charge in [0.1, 0.15) is 12.4 Å². The first-order chi connectivity index (χ1) is 9.00. The lowest BCUT2D eigenvalue weighted by atomic mass is 9.85. The molecular weight excluding hydrogens is 262 g/mol. The summed E-state index contributed by atoms with van der Waals surface area (Å²) in [5, 5.41) is 11.1. The van der Waals surface area contributed by atoms with Gasteiger partial charge in [-0.05, 0) is 38.0 Å². The van der Waals surface area contributed by atoms with Crippen molar-refractivity contribution in [3.63, 3.8) is 0 Å². The van der Waals surface area contributed by atoms with Crippen LogP contribution in [0.1, 0.15) is 50.6 Å². The average molecular weight is 284 g/mol. The largest absolute Gasteiger partial charge is 0.490 e. The van der Waals surface area contributed by atoms with E-state index in [1.807, 2.05) is 19.1 Å². The molecule has 1 atom stereocenters. The average Bonchev–Trinajstić information content (AvgIpc) is 2.38. The molecule has 0 heterocycles. The molecule has 1 aromatic rings. The van der Waals surface area contributed by atoms with Gasteiger partial charge in [0.15, 0.2) is 0 Å². The number of halogens is 1. The third-order valence-electron chi connectivity index (χ3n) is 3.74. The Morgan fingerprint density at radius 2 is 2.05 bits per heavy atom. The number of ether oxygens (including phenoxy) is 1. The van der Waals surface area contributed by atoms with E-state index in [4.69, 9.17) is 22.1 Å². The second kappa shape index (κ2) is 6.12. The van der Waals surface area contributed by atoms with Gasteiger partial charge in [0.25, 0.3) is 0 Å². The lowest BCUT2D eigenvalue weighted by Gasteiger charge is -2.32. The van der Waals surface area contributed by atoms with Crippen LogP contribution in [0.5, 0.6) is 5.75 Å². The number of hydrogen-bond acceptors (Lipinski definition) is 3. The van der Waals surface area contributed by atoms with Crippen molar-refractivity contribution in [1.29, 1.82) is 0 Å². The summed E-state index contributed by atoms with van der Waals surface area (Å²) in [4.78, 5) is 0. The van der Waals surface area contributed by atoms with E-state index in [9.17, 15) is 5.11 Å². The zero-order valence-corrected chi connectivity index (χ0v) is 12.1. The normalized spacial score (nSPS) is 20.0. The van der Waals surface area contributed by atoms with Crippen molar-refractivity contribution in [2.75, 3.05) is 6.61 Å². The van der Waals surface area contributed by atoms with Crippen LogP contribution in [0.25, 0.3) is 0 Å². The summed E-state index contributed by atoms with van der Waals surface area (Å²) < 4.78 is 5.81. The minimum atomic E-state index is -0.688. The molecule has 0 radical (unpaired) electrons. The van der Waals surface area contributed by atoms with Gasteiger partial charge in [-0.3, -0.25) is 0 Å². The number of nitrogens with two attached hydrogens (primary N) is 1. The van der Waals surface area contributed by atoms with Crippen LogP contribution in [0.4, 0.5) is 0 Å². The van der Waals surface area contributed by atoms with Crippen molar-refractivity contribution in [3.05, 3.63) is 28.8 Å². The van der Waals surface area contributed by atoms with Gasteiger partial charge in [0.05, 0.1) is 5.60 Å². The minimum Gasteiger partial charge on any atom is -0.490 e. The van der Waals surface area contributed by atoms with E-state index in [1.165, 1.54) is 6.42 Å². The van der Waals surface area contributed by atoms with Crippen molar-refractivity contribution in [3.8, 4) is 5.75 Å². The Morgan fingerprint density at radius 3 is 2.68 bits per heavy atom. The highest BCUT2D eigenvalue weighted by Gasteiger charge is 2.30. The minimum absolute atomic E-state index is 0.144. The SMILES string of the molecule is C[C@@H](N)c1cc(Cl)ccc1OCC1(O)CCCCC1. The maximum absolute atomic E-state index is 10.4. The molecule has 0 spiro atoms. The van der Waals surface area contributed by atoms with E-state index in [1.54, 1.807) is 6.07 Å². The van der Waals surface area contributed by atoms with Gasteiger partial charge in [0.2, 0.25) is 0 Å². The molecule has 0 amide bonds. The lowest BCUT2D eigenvalue weighted by Crippen LogP contribution is -2.38. The molecule has 19 heavy (non-hydrogen) atoms. The fraction of sp³-hybridized carbons (Fsp3) is 0.600. The molecule has 1 aromatic carbocycles. The molecule has 0 aliphatic heterocycles. The molecule has 3 N–H and O–H groups in total. The molecule has 1 aliphatic rings. The molecule has 0 saturated heterocycles. The van der Waals surface area contributed by atoms with Crippen molar-refractivity contribution < 1.29 is 9.84 Å². The van der Waals surface area contributed by atoms with Crippen molar-refractivity contribution in [2.24, 2.45) is 5.73 Å². The number of hydrogen-bond donors (Lipinski definition) is 2. The van der Waals surface area contributed by atoms with Gasteiger partial charge < -0.3 is 15.6 Å². The third kappa shape index (κ3) is 3.85. The van der Waals surface area contributed by atoms with Gasteiger partial charge in [-0.2, -0.15) is 0 Å². The number of rotatable bonds is 4. The summed E-state index contributed by atoms with van der Waals surface area (Å²) in [6, 6.07) is 5.29. The Morgan fingerprint density at radius 1 is 1.37 bits per heavy atom. The predicted molar refractivity (Wildman–Crippen MR) is 77.6 cm³/mol. The summed E-state index contributed by atoms with van der Waals surface area (Å²) >= 11 is 5.98. The second-order valence-corrected chi connectivity index (χ2v) is 5.98. The van der Waals surface area contributed by atoms with Gasteiger partial charge in [-0.1, -0.05) is 30.9 Å². The van der Waals surface area contributed by atoms with Crippen molar-refractivity contribution in [1.82, 2.24) is 0 Å². The summed E-state index contributed by atoms with van der Waals surface area (Å²) in [7, 11) is 0. The van der Waals surface area contributed by atoms with Crippen molar-refractivity contribution >= 4 is 11.6 Å². The molecule has 0 unspecified atom stereocenters. The van der Waals surface area contributed by atoms with E-state index < -0.39 is 5.60 Å². The monoisotopic (exact) mass is 283 g/mol. The molecule has 106 valence electrons. The first-order valence-electron chi connectivity index (χ1n) is 6.90. The second-order valence-electron chi connectivity index (χ2n) is 5.54. The highest BCUT2D eigenvalue weighted by Crippen LogP contribution is 2.31. The highest BCUT2D eigenvalue weighted by molar-refractivity contribution is 6.30. The van der Waals surface area contributed by atoms with Crippen LogP contribution in [-0.2, 0) is 0 Å². The fourth-order valence-electron chi connectivity index (χ4n) is 2.57. The van der Waals surface area contributed by atoms with Crippen LogP contribution in [0, 0.1) is 0 Å². The molecule has 3 nitrogen and oxygen atoms in total. The van der Waals surface area contributed by atoms with E-state index in [0.29, 0.717) is 11.6 Å². The molecular formula is C15H22ClNO2. The lowest BCUT2D eigenvalue weighted by molar-refractivity contribution is -0.0341. The summed E-state index contributed by atoms with van der Waals surface area (Å²) in [6.07, 6.45) is 4.97. The van der Waals surface area contributed by atoms with Gasteiger partial charge in [0, 0.05) is 16.6 Å². The Bertz CT molecular complexity index is 428. The molecule has 0 aromatic heterocycles. The van der Waals surface area contributed by atoms with Crippen LogP contribution < -0.4 is 10.5 Å². The summed E-state index contributed by atoms with van der Waals surface area (Å²) in [5.74, 6) is 0.721. The zero-order valence-electron chi connectivity index (χ0n) is 11.4. The van der Waals surface area contributed by atoms with Gasteiger partial charge >= 0.3 is 0 Å². The Balaban J connectivity index is 2.06. The standard InChI is InChI=1S/C15H22ClNO2/c1-11(17)13-9-12(16)5-6-14(13)19-10-15(18)7-3-2-4-8-15/h5-6,9,11,18H,2-4,7-8,10,17H2,1H3/t11-/m1/s1. The Labute approximate surface area is 119 Å². The zero-order chi connectivity index (χ0) is 13.9. The molecule has 0 bridgehead atoms. The van der Waals surface area contributed by atoms with Crippen molar-refractivity contribution in [2.45, 2.75) is 50.7 Å². The molecule has 4 heteroatoms. The summed E-state index contributed by atoms with van der Waals surface area (Å²) in [6.45, 7) is 2.22. The van der Waals surface area contributed by atoms with Crippen LogP contribution in [-0.4, -0.2) is 17.3 Å². The van der Waals surface area contributed by atoms with E-state index in [2.05, 4.69) is 0 Å². The Kier molecular flexibility index (Phi) is 4.71. The van der Waals surface area contributed by atoms with E-state index >= 15 is 0 Å². The smallest absolute Gasteiger partial charge is 0.124 e. The Hall–Kier alpha value is -0.770. The number of aliphatic hydroxyl groups is 1. The first kappa shape index (κ1) is 14.6. The first-order valence-corrected chi connectivity index (χ1v) is 7.28. The predicted octanol–water partition coefficient (Wildman–Crippen LogP) is 3.43. The maximum atomic E-state index is 10.4. The summed E-state index contributed by atoms with van der Waals surface area (Å²) in [5.41, 5.74) is 6.12. The van der Waals surface area contributed by atoms with Crippen LogP contribution in [0.3, 0.4) is 0 Å². The van der Waals surface area contributed by atoms with Gasteiger partial charge in [-0.25, -0.2) is 0 Å². The number of benzene rings is 1. The van der Waals surface area contributed by atoms with E-state index in [0.717, 1.165) is 37.0 Å².